The fraction of sp³-hybridized carbons (Fsp3) is 1.00. The second kappa shape index (κ2) is 26.4. The zero-order valence-electron chi connectivity index (χ0n) is 20.3. The van der Waals surface area contributed by atoms with Gasteiger partial charge in [-0.3, -0.25) is 0 Å². The highest BCUT2D eigenvalue weighted by Crippen LogP contribution is 2.13. The number of unbranched alkanes of at least 4 members (excludes halogenated alkanes) is 16. The molecule has 0 aromatic rings. The summed E-state index contributed by atoms with van der Waals surface area (Å²) in [7, 11) is 6.88. The maximum Gasteiger partial charge on any atom is 0.0780 e. The van der Waals surface area contributed by atoms with Crippen LogP contribution in [0.15, 0.2) is 0 Å². The molecule has 0 saturated heterocycles. The van der Waals surface area contributed by atoms with E-state index in [1.165, 1.54) is 122 Å². The summed E-state index contributed by atoms with van der Waals surface area (Å²) >= 11 is 0. The summed E-state index contributed by atoms with van der Waals surface area (Å²) in [5, 5.41) is 0. The summed E-state index contributed by atoms with van der Waals surface area (Å²) in [5.74, 6) is 0. The molecular weight excluding hydrogens is 394 g/mol. The highest BCUT2D eigenvalue weighted by atomic mass is 79.9. The molecule has 0 fully saturated rings. The first-order valence-corrected chi connectivity index (χ1v) is 12.3. The summed E-state index contributed by atoms with van der Waals surface area (Å²) in [6.07, 6.45) is 25.9. The van der Waals surface area contributed by atoms with Crippen LogP contribution in [-0.2, 0) is 0 Å². The molecule has 0 aromatic heterocycles. The van der Waals surface area contributed by atoms with E-state index in [9.17, 15) is 0 Å². The van der Waals surface area contributed by atoms with Crippen LogP contribution in [0.4, 0.5) is 0 Å². The highest BCUT2D eigenvalue weighted by molar-refractivity contribution is 4.49. The fourth-order valence-electron chi connectivity index (χ4n) is 3.28. The largest absolute Gasteiger partial charge is 1.00 e. The van der Waals surface area contributed by atoms with E-state index < -0.39 is 0 Å². The molecule has 0 atom stereocenters. The summed E-state index contributed by atoms with van der Waals surface area (Å²) in [5.41, 5.74) is 0. The topological polar surface area (TPSA) is 0 Å². The van der Waals surface area contributed by atoms with Crippen LogP contribution >= 0.6 is 0 Å². The first-order valence-electron chi connectivity index (χ1n) is 12.3. The molecule has 0 aliphatic rings. The molecular formula is C25H56BrN. The number of quaternary nitrogens is 1. The van der Waals surface area contributed by atoms with Crippen molar-refractivity contribution < 1.29 is 21.5 Å². The van der Waals surface area contributed by atoms with Gasteiger partial charge >= 0.3 is 0 Å². The van der Waals surface area contributed by atoms with Gasteiger partial charge in [0, 0.05) is 0 Å². The van der Waals surface area contributed by atoms with E-state index in [0.29, 0.717) is 0 Å². The van der Waals surface area contributed by atoms with Crippen molar-refractivity contribution in [2.24, 2.45) is 0 Å². The third kappa shape index (κ3) is 37.8. The Morgan fingerprint density at radius 3 is 0.852 bits per heavy atom. The predicted octanol–water partition coefficient (Wildman–Crippen LogP) is 5.76. The van der Waals surface area contributed by atoms with Crippen LogP contribution in [0.1, 0.15) is 136 Å². The maximum absolute atomic E-state index is 2.29. The average Bonchev–Trinajstić information content (AvgIpc) is 2.60. The van der Waals surface area contributed by atoms with Crippen LogP contribution < -0.4 is 17.0 Å². The molecule has 0 bridgehead atoms. The monoisotopic (exact) mass is 449 g/mol. The van der Waals surface area contributed by atoms with Gasteiger partial charge in [-0.2, -0.15) is 0 Å². The Morgan fingerprint density at radius 2 is 0.593 bits per heavy atom. The zero-order chi connectivity index (χ0) is 19.9. The molecule has 0 aliphatic heterocycles. The molecule has 0 rings (SSSR count). The fourth-order valence-corrected chi connectivity index (χ4v) is 3.28. The predicted molar refractivity (Wildman–Crippen MR) is 123 cm³/mol. The third-order valence-corrected chi connectivity index (χ3v) is 5.14. The van der Waals surface area contributed by atoms with Crippen molar-refractivity contribution >= 4 is 0 Å². The normalized spacial score (nSPS) is 10.9. The number of rotatable bonds is 18. The smallest absolute Gasteiger partial charge is 0.0780 e. The van der Waals surface area contributed by atoms with E-state index in [1.54, 1.807) is 0 Å². The van der Waals surface area contributed by atoms with Crippen LogP contribution in [-0.4, -0.2) is 32.2 Å². The number of nitrogens with zero attached hydrogens (tertiary/aromatic N) is 1. The number of hydrogen-bond donors (Lipinski definition) is 0. The van der Waals surface area contributed by atoms with Crippen molar-refractivity contribution in [1.29, 1.82) is 0 Å². The Hall–Kier alpha value is 0.440. The molecule has 0 N–H and O–H groups in total. The Bertz CT molecular complexity index is 231. The minimum absolute atomic E-state index is 0. The molecule has 0 unspecified atom stereocenters. The lowest BCUT2D eigenvalue weighted by Crippen LogP contribution is -3.00. The Labute approximate surface area is 185 Å². The standard InChI is InChI=1S/C19H42N.C6H14.BrH/c1-5-6-7-8-9-10-11-12-13-14-15-16-17-18-19-20(2,3)4;1-3-5-6-4-2;/h5-19H2,1-4H3;3-6H2,1-2H3;1H/q+1;;/p-1. The van der Waals surface area contributed by atoms with Gasteiger partial charge in [-0.25, -0.2) is 0 Å². The Kier molecular flexibility index (Phi) is 31.4. The van der Waals surface area contributed by atoms with Crippen molar-refractivity contribution in [2.45, 2.75) is 136 Å². The second-order valence-corrected chi connectivity index (χ2v) is 9.32. The minimum atomic E-state index is 0. The third-order valence-electron chi connectivity index (χ3n) is 5.14. The molecule has 0 radical (unpaired) electrons. The lowest BCUT2D eigenvalue weighted by Gasteiger charge is -2.23. The molecule has 0 amide bonds. The van der Waals surface area contributed by atoms with E-state index >= 15 is 0 Å². The number of hydrogen-bond acceptors (Lipinski definition) is 0. The zero-order valence-corrected chi connectivity index (χ0v) is 21.8. The first-order chi connectivity index (χ1) is 12.5. The van der Waals surface area contributed by atoms with Gasteiger partial charge in [-0.1, -0.05) is 124 Å². The Morgan fingerprint density at radius 1 is 0.370 bits per heavy atom. The lowest BCUT2D eigenvalue weighted by atomic mass is 10.0. The van der Waals surface area contributed by atoms with Crippen LogP contribution in [0, 0.1) is 0 Å². The first kappa shape index (κ1) is 32.1. The molecule has 2 heteroatoms. The van der Waals surface area contributed by atoms with E-state index in [4.69, 9.17) is 0 Å². The van der Waals surface area contributed by atoms with Crippen molar-refractivity contribution in [3.05, 3.63) is 0 Å². The molecule has 0 saturated carbocycles. The van der Waals surface area contributed by atoms with Gasteiger partial charge in [-0.15, -0.1) is 0 Å². The molecule has 0 aliphatic carbocycles. The molecule has 0 heterocycles. The van der Waals surface area contributed by atoms with Crippen molar-refractivity contribution in [3.8, 4) is 0 Å². The molecule has 1 nitrogen and oxygen atoms in total. The lowest BCUT2D eigenvalue weighted by molar-refractivity contribution is -0.870. The molecule has 0 aromatic carbocycles. The summed E-state index contributed by atoms with van der Waals surface area (Å²) in [4.78, 5) is 0. The minimum Gasteiger partial charge on any atom is -1.00 e. The van der Waals surface area contributed by atoms with E-state index in [0.717, 1.165) is 4.48 Å². The van der Waals surface area contributed by atoms with Crippen molar-refractivity contribution in [1.82, 2.24) is 0 Å². The Balaban J connectivity index is -0.000000709. The van der Waals surface area contributed by atoms with Crippen LogP contribution in [0.5, 0.6) is 0 Å². The van der Waals surface area contributed by atoms with E-state index in [1.807, 2.05) is 0 Å². The molecule has 0 spiro atoms. The average molecular weight is 451 g/mol. The van der Waals surface area contributed by atoms with Crippen LogP contribution in [0.2, 0.25) is 0 Å². The van der Waals surface area contributed by atoms with Crippen LogP contribution in [0.3, 0.4) is 0 Å². The van der Waals surface area contributed by atoms with Gasteiger partial charge in [0.25, 0.3) is 0 Å². The molecule has 27 heavy (non-hydrogen) atoms. The van der Waals surface area contributed by atoms with E-state index in [2.05, 4.69) is 41.9 Å². The molecule has 168 valence electrons. The van der Waals surface area contributed by atoms with Gasteiger partial charge in [0.2, 0.25) is 0 Å². The second-order valence-electron chi connectivity index (χ2n) is 9.32. The quantitative estimate of drug-likeness (QED) is 0.184. The maximum atomic E-state index is 2.29. The highest BCUT2D eigenvalue weighted by Gasteiger charge is 2.04. The SMILES string of the molecule is CCCCCC.CCCCCCCCCCCCCCCC[N+](C)(C)C.[Br-]. The van der Waals surface area contributed by atoms with Gasteiger partial charge in [-0.05, 0) is 12.8 Å². The summed E-state index contributed by atoms with van der Waals surface area (Å²) in [6, 6.07) is 0. The van der Waals surface area contributed by atoms with Crippen molar-refractivity contribution in [2.75, 3.05) is 27.7 Å². The van der Waals surface area contributed by atoms with Gasteiger partial charge in [0.1, 0.15) is 0 Å². The van der Waals surface area contributed by atoms with Gasteiger partial charge < -0.3 is 21.5 Å². The van der Waals surface area contributed by atoms with Gasteiger partial charge in [0.15, 0.2) is 0 Å². The van der Waals surface area contributed by atoms with Crippen LogP contribution in [0.25, 0.3) is 0 Å². The van der Waals surface area contributed by atoms with Crippen molar-refractivity contribution in [3.63, 3.8) is 0 Å². The summed E-state index contributed by atoms with van der Waals surface area (Å²) < 4.78 is 1.12. The number of halogens is 1. The van der Waals surface area contributed by atoms with E-state index in [-0.39, 0.29) is 17.0 Å². The summed E-state index contributed by atoms with van der Waals surface area (Å²) in [6.45, 7) is 8.09. The van der Waals surface area contributed by atoms with Gasteiger partial charge in [0.05, 0.1) is 27.7 Å².